The van der Waals surface area contributed by atoms with Gasteiger partial charge in [-0.05, 0) is 47.5 Å². The van der Waals surface area contributed by atoms with E-state index < -0.39 is 0 Å². The molecule has 3 aromatic rings. The molecule has 0 aliphatic heterocycles. The molecule has 0 spiro atoms. The molecule has 3 nitrogen and oxygen atoms in total. The van der Waals surface area contributed by atoms with Gasteiger partial charge in [0.15, 0.2) is 0 Å². The van der Waals surface area contributed by atoms with Gasteiger partial charge in [-0.1, -0.05) is 53.5 Å². The van der Waals surface area contributed by atoms with Gasteiger partial charge >= 0.3 is 0 Å². The van der Waals surface area contributed by atoms with Crippen molar-refractivity contribution in [3.8, 4) is 11.5 Å². The van der Waals surface area contributed by atoms with Crippen molar-refractivity contribution in [2.75, 3.05) is 7.11 Å². The van der Waals surface area contributed by atoms with Gasteiger partial charge in [0.25, 0.3) is 0 Å². The predicted molar refractivity (Wildman–Crippen MR) is 112 cm³/mol. The number of halogens is 2. The molecule has 138 valence electrons. The largest absolute Gasteiger partial charge is 0.496 e. The molecule has 5 heteroatoms. The lowest BCUT2D eigenvalue weighted by Crippen LogP contribution is -2.00. The van der Waals surface area contributed by atoms with Crippen LogP contribution in [0.5, 0.6) is 11.5 Å². The molecule has 0 aliphatic carbocycles. The molecule has 0 saturated carbocycles. The topological polar surface area (TPSA) is 30.8 Å². The Morgan fingerprint density at radius 1 is 0.926 bits per heavy atom. The van der Waals surface area contributed by atoms with Crippen LogP contribution in [0, 0.1) is 0 Å². The molecule has 0 N–H and O–H groups in total. The Bertz CT molecular complexity index is 927. The van der Waals surface area contributed by atoms with E-state index in [1.54, 1.807) is 25.3 Å². The average molecular weight is 400 g/mol. The first-order valence-corrected chi connectivity index (χ1v) is 9.20. The second kappa shape index (κ2) is 9.45. The van der Waals surface area contributed by atoms with Crippen LogP contribution in [0.4, 0.5) is 0 Å². The van der Waals surface area contributed by atoms with E-state index in [1.165, 1.54) is 5.56 Å². The van der Waals surface area contributed by atoms with Crippen LogP contribution in [0.2, 0.25) is 10.0 Å². The summed E-state index contributed by atoms with van der Waals surface area (Å²) < 4.78 is 11.3. The van der Waals surface area contributed by atoms with Crippen molar-refractivity contribution in [1.29, 1.82) is 0 Å². The van der Waals surface area contributed by atoms with Crippen molar-refractivity contribution >= 4 is 29.4 Å². The first kappa shape index (κ1) is 19.3. The highest BCUT2D eigenvalue weighted by Gasteiger charge is 2.07. The zero-order chi connectivity index (χ0) is 19.1. The van der Waals surface area contributed by atoms with E-state index in [0.717, 1.165) is 16.9 Å². The van der Waals surface area contributed by atoms with Gasteiger partial charge < -0.3 is 9.47 Å². The summed E-state index contributed by atoms with van der Waals surface area (Å²) in [7, 11) is 1.64. The number of benzene rings is 3. The number of methoxy groups -OCH3 is 1. The van der Waals surface area contributed by atoms with Gasteiger partial charge in [-0.15, -0.1) is 0 Å². The van der Waals surface area contributed by atoms with Gasteiger partial charge in [0, 0.05) is 16.8 Å². The van der Waals surface area contributed by atoms with Crippen LogP contribution in [0.3, 0.4) is 0 Å². The van der Waals surface area contributed by atoms with E-state index in [4.69, 9.17) is 32.7 Å². The number of aliphatic imine (C=N–C) groups is 1. The number of hydrogen-bond donors (Lipinski definition) is 0. The Balaban J connectivity index is 1.71. The second-order valence-corrected chi connectivity index (χ2v) is 6.73. The predicted octanol–water partition coefficient (Wildman–Crippen LogP) is 6.20. The third-order valence-corrected chi connectivity index (χ3v) is 4.47. The molecule has 0 radical (unpaired) electrons. The van der Waals surface area contributed by atoms with Crippen molar-refractivity contribution in [2.24, 2.45) is 4.99 Å². The molecule has 0 heterocycles. The summed E-state index contributed by atoms with van der Waals surface area (Å²) in [5.74, 6) is 1.33. The summed E-state index contributed by atoms with van der Waals surface area (Å²) in [6, 6.07) is 21.1. The van der Waals surface area contributed by atoms with E-state index in [9.17, 15) is 0 Å². The quantitative estimate of drug-likeness (QED) is 0.442. The van der Waals surface area contributed by atoms with Crippen LogP contribution in [-0.2, 0) is 13.2 Å². The lowest BCUT2D eigenvalue weighted by Gasteiger charge is -2.12. The maximum absolute atomic E-state index is 6.17. The summed E-state index contributed by atoms with van der Waals surface area (Å²) in [5, 5.41) is 1.05. The molecular formula is C22H19Cl2NO2. The third kappa shape index (κ3) is 5.49. The van der Waals surface area contributed by atoms with Crippen LogP contribution in [0.1, 0.15) is 16.7 Å². The van der Waals surface area contributed by atoms with E-state index in [-0.39, 0.29) is 0 Å². The Labute approximate surface area is 169 Å². The standard InChI is InChI=1S/C22H19Cl2NO2/c1-26-21-9-7-17(14-25-13-16-5-3-2-4-6-16)11-18(21)15-27-22-10-8-19(23)12-20(22)24/h2-12,14H,13,15H2,1H3. The van der Waals surface area contributed by atoms with Crippen molar-refractivity contribution < 1.29 is 9.47 Å². The van der Waals surface area contributed by atoms with Gasteiger partial charge in [-0.2, -0.15) is 0 Å². The SMILES string of the molecule is COc1ccc(C=NCc2ccccc2)cc1COc1ccc(Cl)cc1Cl. The molecule has 0 amide bonds. The smallest absolute Gasteiger partial charge is 0.138 e. The van der Waals surface area contributed by atoms with Gasteiger partial charge in [0.2, 0.25) is 0 Å². The average Bonchev–Trinajstić information content (AvgIpc) is 2.68. The lowest BCUT2D eigenvalue weighted by atomic mass is 10.1. The van der Waals surface area contributed by atoms with Crippen molar-refractivity contribution in [1.82, 2.24) is 0 Å². The summed E-state index contributed by atoms with van der Waals surface area (Å²) in [4.78, 5) is 4.51. The number of rotatable bonds is 7. The highest BCUT2D eigenvalue weighted by molar-refractivity contribution is 6.35. The molecule has 0 saturated heterocycles. The second-order valence-electron chi connectivity index (χ2n) is 5.89. The summed E-state index contributed by atoms with van der Waals surface area (Å²) >= 11 is 12.1. The Kier molecular flexibility index (Phi) is 6.74. The fraction of sp³-hybridized carbons (Fsp3) is 0.136. The number of hydrogen-bond acceptors (Lipinski definition) is 3. The molecule has 0 unspecified atom stereocenters. The van der Waals surface area contributed by atoms with Gasteiger partial charge in [-0.25, -0.2) is 0 Å². The zero-order valence-corrected chi connectivity index (χ0v) is 16.4. The van der Waals surface area contributed by atoms with Crippen LogP contribution >= 0.6 is 23.2 Å². The van der Waals surface area contributed by atoms with Crippen LogP contribution in [0.15, 0.2) is 71.7 Å². The van der Waals surface area contributed by atoms with E-state index in [0.29, 0.717) is 28.9 Å². The normalized spacial score (nSPS) is 10.9. The maximum atomic E-state index is 6.17. The molecule has 3 aromatic carbocycles. The Morgan fingerprint density at radius 2 is 1.70 bits per heavy atom. The van der Waals surface area contributed by atoms with Crippen molar-refractivity contribution in [3.63, 3.8) is 0 Å². The molecule has 27 heavy (non-hydrogen) atoms. The monoisotopic (exact) mass is 399 g/mol. The van der Waals surface area contributed by atoms with E-state index in [2.05, 4.69) is 17.1 Å². The van der Waals surface area contributed by atoms with Crippen LogP contribution in [-0.4, -0.2) is 13.3 Å². The minimum atomic E-state index is 0.324. The van der Waals surface area contributed by atoms with Crippen molar-refractivity contribution in [3.05, 3.63) is 93.5 Å². The van der Waals surface area contributed by atoms with E-state index in [1.807, 2.05) is 42.6 Å². The summed E-state index contributed by atoms with van der Waals surface area (Å²) in [5.41, 5.74) is 3.06. The number of nitrogens with zero attached hydrogens (tertiary/aromatic N) is 1. The molecule has 0 aliphatic rings. The van der Waals surface area contributed by atoms with Gasteiger partial charge in [0.05, 0.1) is 18.7 Å². The molecule has 0 atom stereocenters. The minimum Gasteiger partial charge on any atom is -0.496 e. The molecule has 0 aromatic heterocycles. The van der Waals surface area contributed by atoms with E-state index >= 15 is 0 Å². The third-order valence-electron chi connectivity index (χ3n) is 3.94. The molecule has 3 rings (SSSR count). The summed E-state index contributed by atoms with van der Waals surface area (Å²) in [6.07, 6.45) is 1.85. The van der Waals surface area contributed by atoms with Crippen LogP contribution < -0.4 is 9.47 Å². The van der Waals surface area contributed by atoms with Crippen molar-refractivity contribution in [2.45, 2.75) is 13.2 Å². The fourth-order valence-electron chi connectivity index (χ4n) is 2.58. The molecular weight excluding hydrogens is 381 g/mol. The highest BCUT2D eigenvalue weighted by atomic mass is 35.5. The van der Waals surface area contributed by atoms with Gasteiger partial charge in [0.1, 0.15) is 18.1 Å². The fourth-order valence-corrected chi connectivity index (χ4v) is 3.04. The highest BCUT2D eigenvalue weighted by Crippen LogP contribution is 2.29. The molecule has 0 fully saturated rings. The first-order valence-electron chi connectivity index (χ1n) is 8.44. The first-order chi connectivity index (χ1) is 13.2. The van der Waals surface area contributed by atoms with Gasteiger partial charge in [-0.3, -0.25) is 4.99 Å². The Hall–Kier alpha value is -2.49. The minimum absolute atomic E-state index is 0.324. The molecule has 0 bridgehead atoms. The number of ether oxygens (including phenoxy) is 2. The Morgan fingerprint density at radius 3 is 2.44 bits per heavy atom. The maximum Gasteiger partial charge on any atom is 0.138 e. The van der Waals surface area contributed by atoms with Crippen LogP contribution in [0.25, 0.3) is 0 Å². The summed E-state index contributed by atoms with van der Waals surface area (Å²) in [6.45, 7) is 0.962. The zero-order valence-electron chi connectivity index (χ0n) is 14.9. The lowest BCUT2D eigenvalue weighted by molar-refractivity contribution is 0.297.